The first-order chi connectivity index (χ1) is 16.2. The molecule has 0 radical (unpaired) electrons. The highest BCUT2D eigenvalue weighted by atomic mass is 35.5. The SMILES string of the molecule is CN1CCC(N(C)C(=O)c2ccc(NC3=C(Cl)C(=O)N(c4ccc(Cl)cc4Cl)C3=O)cc2)CC1. The number of benzene rings is 2. The zero-order chi connectivity index (χ0) is 24.6. The zero-order valence-corrected chi connectivity index (χ0v) is 20.9. The molecular weight excluding hydrogens is 499 g/mol. The van der Waals surface area contributed by atoms with Crippen LogP contribution in [0.5, 0.6) is 0 Å². The van der Waals surface area contributed by atoms with Crippen LogP contribution in [0.1, 0.15) is 23.2 Å². The Hall–Kier alpha value is -2.58. The second kappa shape index (κ2) is 9.96. The molecule has 1 saturated heterocycles. The van der Waals surface area contributed by atoms with Crippen molar-refractivity contribution < 1.29 is 14.4 Å². The van der Waals surface area contributed by atoms with Crippen LogP contribution in [0.3, 0.4) is 0 Å². The Morgan fingerprint density at radius 2 is 1.65 bits per heavy atom. The molecular formula is C24H23Cl3N4O3. The molecule has 0 unspecified atom stereocenters. The molecule has 2 aromatic carbocycles. The largest absolute Gasteiger partial charge is 0.350 e. The number of halogens is 3. The van der Waals surface area contributed by atoms with E-state index in [-0.39, 0.29) is 33.4 Å². The van der Waals surface area contributed by atoms with Crippen molar-refractivity contribution in [3.63, 3.8) is 0 Å². The Labute approximate surface area is 212 Å². The lowest BCUT2D eigenvalue weighted by Crippen LogP contribution is -2.44. The van der Waals surface area contributed by atoms with E-state index in [1.165, 1.54) is 18.2 Å². The van der Waals surface area contributed by atoms with Gasteiger partial charge in [-0.05, 0) is 75.4 Å². The molecule has 7 nitrogen and oxygen atoms in total. The molecule has 2 aromatic rings. The molecule has 0 spiro atoms. The third kappa shape index (κ3) is 4.79. The molecule has 34 heavy (non-hydrogen) atoms. The normalized spacial score (nSPS) is 17.5. The van der Waals surface area contributed by atoms with Crippen molar-refractivity contribution in [2.24, 2.45) is 0 Å². The van der Waals surface area contributed by atoms with Gasteiger partial charge in [-0.25, -0.2) is 4.90 Å². The van der Waals surface area contributed by atoms with E-state index in [1.807, 2.05) is 7.05 Å². The Bertz CT molecular complexity index is 1170. The second-order valence-corrected chi connectivity index (χ2v) is 9.60. The Morgan fingerprint density at radius 1 is 1.00 bits per heavy atom. The molecule has 1 N–H and O–H groups in total. The molecule has 178 valence electrons. The number of hydrogen-bond acceptors (Lipinski definition) is 5. The van der Waals surface area contributed by atoms with Gasteiger partial charge in [0.05, 0.1) is 10.7 Å². The molecule has 2 aliphatic rings. The smallest absolute Gasteiger partial charge is 0.283 e. The number of anilines is 2. The van der Waals surface area contributed by atoms with Gasteiger partial charge in [-0.2, -0.15) is 0 Å². The Morgan fingerprint density at radius 3 is 2.26 bits per heavy atom. The maximum absolute atomic E-state index is 13.0. The molecule has 1 fully saturated rings. The van der Waals surface area contributed by atoms with E-state index >= 15 is 0 Å². The van der Waals surface area contributed by atoms with Crippen molar-refractivity contribution >= 4 is 63.9 Å². The highest BCUT2D eigenvalue weighted by Gasteiger charge is 2.40. The zero-order valence-electron chi connectivity index (χ0n) is 18.6. The third-order valence-corrected chi connectivity index (χ3v) is 7.02. The van der Waals surface area contributed by atoms with Crippen molar-refractivity contribution in [1.82, 2.24) is 9.80 Å². The molecule has 0 saturated carbocycles. The van der Waals surface area contributed by atoms with Crippen LogP contribution in [0.25, 0.3) is 0 Å². The summed E-state index contributed by atoms with van der Waals surface area (Å²) in [6, 6.07) is 11.4. The number of nitrogens with one attached hydrogen (secondary N) is 1. The number of hydrogen-bond donors (Lipinski definition) is 1. The minimum atomic E-state index is -0.690. The van der Waals surface area contributed by atoms with Crippen LogP contribution in [-0.2, 0) is 9.59 Å². The predicted molar refractivity (Wildman–Crippen MR) is 135 cm³/mol. The molecule has 3 amide bonds. The maximum atomic E-state index is 13.0. The first-order valence-electron chi connectivity index (χ1n) is 10.7. The van der Waals surface area contributed by atoms with Gasteiger partial charge in [-0.3, -0.25) is 14.4 Å². The molecule has 2 heterocycles. The quantitative estimate of drug-likeness (QED) is 0.583. The predicted octanol–water partition coefficient (Wildman–Crippen LogP) is 4.60. The summed E-state index contributed by atoms with van der Waals surface area (Å²) in [6.07, 6.45) is 1.88. The van der Waals surface area contributed by atoms with Gasteiger partial charge in [-0.15, -0.1) is 0 Å². The van der Waals surface area contributed by atoms with E-state index in [9.17, 15) is 14.4 Å². The first kappa shape index (κ1) is 24.5. The average molecular weight is 522 g/mol. The van der Waals surface area contributed by atoms with Gasteiger partial charge in [0.25, 0.3) is 17.7 Å². The number of piperidine rings is 1. The van der Waals surface area contributed by atoms with Gasteiger partial charge in [0.2, 0.25) is 0 Å². The molecule has 0 aromatic heterocycles. The highest BCUT2D eigenvalue weighted by Crippen LogP contribution is 2.35. The lowest BCUT2D eigenvalue weighted by Gasteiger charge is -2.35. The van der Waals surface area contributed by atoms with Crippen LogP contribution in [-0.4, -0.2) is 60.7 Å². The number of rotatable bonds is 5. The summed E-state index contributed by atoms with van der Waals surface area (Å²) in [4.78, 5) is 43.5. The Kier molecular flexibility index (Phi) is 7.19. The van der Waals surface area contributed by atoms with Crippen molar-refractivity contribution in [1.29, 1.82) is 0 Å². The monoisotopic (exact) mass is 520 g/mol. The summed E-state index contributed by atoms with van der Waals surface area (Å²) in [5.74, 6) is -1.39. The lowest BCUT2D eigenvalue weighted by molar-refractivity contribution is -0.120. The fraction of sp³-hybridized carbons (Fsp3) is 0.292. The van der Waals surface area contributed by atoms with Crippen LogP contribution < -0.4 is 10.2 Å². The van der Waals surface area contributed by atoms with Gasteiger partial charge in [-0.1, -0.05) is 34.8 Å². The number of carbonyl (C=O) groups is 3. The highest BCUT2D eigenvalue weighted by molar-refractivity contribution is 6.53. The van der Waals surface area contributed by atoms with Crippen molar-refractivity contribution in [2.45, 2.75) is 18.9 Å². The minimum absolute atomic E-state index is 0.0611. The van der Waals surface area contributed by atoms with E-state index in [0.717, 1.165) is 30.8 Å². The summed E-state index contributed by atoms with van der Waals surface area (Å²) in [6.45, 7) is 1.93. The summed E-state index contributed by atoms with van der Waals surface area (Å²) in [5, 5.41) is 3.18. The van der Waals surface area contributed by atoms with Gasteiger partial charge in [0, 0.05) is 29.4 Å². The van der Waals surface area contributed by atoms with Crippen LogP contribution in [0.4, 0.5) is 11.4 Å². The topological polar surface area (TPSA) is 73.0 Å². The minimum Gasteiger partial charge on any atom is -0.350 e. The second-order valence-electron chi connectivity index (χ2n) is 8.38. The van der Waals surface area contributed by atoms with Crippen LogP contribution in [0, 0.1) is 0 Å². The van der Waals surface area contributed by atoms with Crippen molar-refractivity contribution in [2.75, 3.05) is 37.4 Å². The first-order valence-corrected chi connectivity index (χ1v) is 11.9. The number of likely N-dealkylation sites (tertiary alicyclic amines) is 1. The maximum Gasteiger partial charge on any atom is 0.283 e. The fourth-order valence-corrected chi connectivity index (χ4v) is 4.79. The molecule has 0 aliphatic carbocycles. The van der Waals surface area contributed by atoms with E-state index in [1.54, 1.807) is 29.2 Å². The van der Waals surface area contributed by atoms with Crippen molar-refractivity contribution in [3.05, 3.63) is 68.8 Å². The Balaban J connectivity index is 1.47. The van der Waals surface area contributed by atoms with Crippen molar-refractivity contribution in [3.8, 4) is 0 Å². The summed E-state index contributed by atoms with van der Waals surface area (Å²) >= 11 is 18.3. The summed E-state index contributed by atoms with van der Waals surface area (Å²) in [7, 11) is 3.91. The number of carbonyl (C=O) groups excluding carboxylic acids is 3. The van der Waals surface area contributed by atoms with Gasteiger partial charge < -0.3 is 15.1 Å². The van der Waals surface area contributed by atoms with Gasteiger partial charge in [0.1, 0.15) is 10.7 Å². The summed E-state index contributed by atoms with van der Waals surface area (Å²) in [5.41, 5.74) is 1.17. The van der Waals surface area contributed by atoms with Crippen LogP contribution >= 0.6 is 34.8 Å². The van der Waals surface area contributed by atoms with E-state index < -0.39 is 11.8 Å². The van der Waals surface area contributed by atoms with Crippen LogP contribution in [0.2, 0.25) is 10.0 Å². The van der Waals surface area contributed by atoms with E-state index in [2.05, 4.69) is 17.3 Å². The summed E-state index contributed by atoms with van der Waals surface area (Å²) < 4.78 is 0. The molecule has 2 aliphatic heterocycles. The lowest BCUT2D eigenvalue weighted by atomic mass is 10.0. The number of nitrogens with zero attached hydrogens (tertiary/aromatic N) is 3. The average Bonchev–Trinajstić information content (AvgIpc) is 3.02. The van der Waals surface area contributed by atoms with E-state index in [0.29, 0.717) is 16.3 Å². The van der Waals surface area contributed by atoms with Gasteiger partial charge in [0.15, 0.2) is 0 Å². The standard InChI is InChI=1S/C24H23Cl3N4O3/c1-29-11-9-17(10-12-29)30(2)22(32)14-3-6-16(7-4-14)28-21-20(27)23(33)31(24(21)34)19-8-5-15(25)13-18(19)26/h3-8,13,17,28H,9-12H2,1-2H3. The number of imide groups is 1. The third-order valence-electron chi connectivity index (χ3n) is 6.14. The molecule has 0 atom stereocenters. The molecule has 4 rings (SSSR count). The van der Waals surface area contributed by atoms with Crippen LogP contribution in [0.15, 0.2) is 53.2 Å². The molecule has 0 bridgehead atoms. The molecule has 10 heteroatoms. The van der Waals surface area contributed by atoms with E-state index in [4.69, 9.17) is 34.8 Å². The fourth-order valence-electron chi connectivity index (χ4n) is 4.08. The van der Waals surface area contributed by atoms with Gasteiger partial charge >= 0.3 is 0 Å². The number of amides is 3.